The summed E-state index contributed by atoms with van der Waals surface area (Å²) < 4.78 is 6.89. The van der Waals surface area contributed by atoms with Gasteiger partial charge in [-0.25, -0.2) is 4.79 Å². The largest absolute Gasteiger partial charge is 0.449 e. The third kappa shape index (κ3) is 5.19. The summed E-state index contributed by atoms with van der Waals surface area (Å²) in [7, 11) is 0. The van der Waals surface area contributed by atoms with Crippen LogP contribution in [0.5, 0.6) is 0 Å². The van der Waals surface area contributed by atoms with Gasteiger partial charge in [-0.3, -0.25) is 14.7 Å². The van der Waals surface area contributed by atoms with Gasteiger partial charge >= 0.3 is 5.97 Å². The van der Waals surface area contributed by atoms with Crippen molar-refractivity contribution in [2.75, 3.05) is 11.9 Å². The van der Waals surface area contributed by atoms with Crippen LogP contribution >= 0.6 is 22.6 Å². The van der Waals surface area contributed by atoms with Crippen molar-refractivity contribution in [3.8, 4) is 0 Å². The first-order chi connectivity index (χ1) is 15.9. The zero-order chi connectivity index (χ0) is 23.5. The lowest BCUT2D eigenvalue weighted by molar-refractivity contribution is -0.124. The van der Waals surface area contributed by atoms with E-state index in [1.807, 2.05) is 55.5 Å². The number of rotatable bonds is 6. The molecule has 3 aromatic rings. The van der Waals surface area contributed by atoms with Crippen LogP contribution < -0.4 is 5.32 Å². The van der Waals surface area contributed by atoms with Crippen LogP contribution in [-0.4, -0.2) is 40.5 Å². The van der Waals surface area contributed by atoms with Crippen molar-refractivity contribution >= 4 is 51.1 Å². The number of fused-ring (bicyclic) bond motifs is 2. The molecule has 6 nitrogen and oxygen atoms in total. The van der Waals surface area contributed by atoms with Gasteiger partial charge in [0.05, 0.1) is 11.1 Å². The molecular weight excluding hydrogens is 529 g/mol. The molecule has 0 bridgehead atoms. The number of pyridine rings is 1. The number of hydrogen-bond acceptors (Lipinski definition) is 5. The fourth-order valence-electron chi connectivity index (χ4n) is 4.15. The second-order valence-electron chi connectivity index (χ2n) is 8.54. The third-order valence-corrected chi connectivity index (χ3v) is 6.75. The summed E-state index contributed by atoms with van der Waals surface area (Å²) in [5.41, 5.74) is 3.83. The quantitative estimate of drug-likeness (QED) is 0.334. The fourth-order valence-corrected chi connectivity index (χ4v) is 4.51. The molecule has 172 valence electrons. The first kappa shape index (κ1) is 23.6. The summed E-state index contributed by atoms with van der Waals surface area (Å²) in [6, 6.07) is 15.5. The first-order valence-electron chi connectivity index (χ1n) is 11.3. The predicted molar refractivity (Wildman–Crippen MR) is 138 cm³/mol. The van der Waals surface area contributed by atoms with Gasteiger partial charge in [0.2, 0.25) is 0 Å². The van der Waals surface area contributed by atoms with Gasteiger partial charge < -0.3 is 10.1 Å². The molecule has 1 unspecified atom stereocenters. The number of benzene rings is 2. The molecular formula is C26H28IN3O3. The van der Waals surface area contributed by atoms with Crippen molar-refractivity contribution in [1.82, 2.24) is 9.88 Å². The third-order valence-electron chi connectivity index (χ3n) is 6.03. The average molecular weight is 557 g/mol. The van der Waals surface area contributed by atoms with Crippen LogP contribution in [0.25, 0.3) is 10.9 Å². The highest BCUT2D eigenvalue weighted by atomic mass is 127. The Labute approximate surface area is 207 Å². The van der Waals surface area contributed by atoms with Gasteiger partial charge in [-0.1, -0.05) is 25.1 Å². The number of nitrogens with one attached hydrogen (secondary N) is 1. The Bertz CT molecular complexity index is 1180. The second-order valence-corrected chi connectivity index (χ2v) is 9.79. The molecule has 1 aliphatic heterocycles. The standard InChI is InChI=1S/C26H28IN3O3/c1-4-23(25(31)28-18-11-9-17(27)10-12-18)33-26(32)24-19-7-5-6-8-21(19)29-22-13-14-30(16(2)3)15-20(22)24/h5-12,16,23H,4,13-15H2,1-3H3,(H,28,31). The Morgan fingerprint density at radius 3 is 2.58 bits per heavy atom. The normalized spacial score (nSPS) is 14.7. The van der Waals surface area contributed by atoms with Gasteiger partial charge in [0.15, 0.2) is 6.10 Å². The van der Waals surface area contributed by atoms with E-state index in [4.69, 9.17) is 9.72 Å². The van der Waals surface area contributed by atoms with E-state index in [0.29, 0.717) is 30.3 Å². The molecule has 7 heteroatoms. The maximum absolute atomic E-state index is 13.5. The van der Waals surface area contributed by atoms with E-state index in [9.17, 15) is 9.59 Å². The maximum atomic E-state index is 13.5. The van der Waals surface area contributed by atoms with Gasteiger partial charge in [0.25, 0.3) is 5.91 Å². The van der Waals surface area contributed by atoms with Crippen molar-refractivity contribution in [1.29, 1.82) is 0 Å². The van der Waals surface area contributed by atoms with Crippen LogP contribution in [0, 0.1) is 3.57 Å². The Hall–Kier alpha value is -2.52. The lowest BCUT2D eigenvalue weighted by Gasteiger charge is -2.32. The molecule has 1 aromatic heterocycles. The molecule has 2 aromatic carbocycles. The Morgan fingerprint density at radius 2 is 1.88 bits per heavy atom. The molecule has 0 radical (unpaired) electrons. The average Bonchev–Trinajstić information content (AvgIpc) is 2.81. The van der Waals surface area contributed by atoms with E-state index in [-0.39, 0.29) is 5.91 Å². The van der Waals surface area contributed by atoms with E-state index in [2.05, 4.69) is 46.7 Å². The molecule has 2 heterocycles. The molecule has 0 saturated carbocycles. The lowest BCUT2D eigenvalue weighted by atomic mass is 9.95. The van der Waals surface area contributed by atoms with Crippen LogP contribution in [0.4, 0.5) is 5.69 Å². The molecule has 0 spiro atoms. The number of aromatic nitrogens is 1. The lowest BCUT2D eigenvalue weighted by Crippen LogP contribution is -2.38. The van der Waals surface area contributed by atoms with Crippen molar-refractivity contribution < 1.29 is 14.3 Å². The SMILES string of the molecule is CCC(OC(=O)c1c2c(nc3ccccc13)CCN(C(C)C)C2)C(=O)Nc1ccc(I)cc1. The number of ether oxygens (including phenoxy) is 1. The molecule has 1 N–H and O–H groups in total. The van der Waals surface area contributed by atoms with Crippen LogP contribution in [-0.2, 0) is 22.5 Å². The maximum Gasteiger partial charge on any atom is 0.340 e. The van der Waals surface area contributed by atoms with Crippen LogP contribution in [0.15, 0.2) is 48.5 Å². The highest BCUT2D eigenvalue weighted by Gasteiger charge is 2.30. The molecule has 4 rings (SSSR count). The molecule has 33 heavy (non-hydrogen) atoms. The summed E-state index contributed by atoms with van der Waals surface area (Å²) in [5, 5.41) is 3.62. The number of hydrogen-bond donors (Lipinski definition) is 1. The zero-order valence-corrected chi connectivity index (χ0v) is 21.3. The van der Waals surface area contributed by atoms with E-state index in [0.717, 1.165) is 38.7 Å². The fraction of sp³-hybridized carbons (Fsp3) is 0.346. The summed E-state index contributed by atoms with van der Waals surface area (Å²) in [5.74, 6) is -0.803. The van der Waals surface area contributed by atoms with Gasteiger partial charge in [-0.05, 0) is 73.2 Å². The minimum atomic E-state index is -0.885. The molecule has 0 aliphatic carbocycles. The van der Waals surface area contributed by atoms with Gasteiger partial charge in [-0.15, -0.1) is 0 Å². The highest BCUT2D eigenvalue weighted by Crippen LogP contribution is 2.30. The Kier molecular flexibility index (Phi) is 7.29. The molecule has 1 atom stereocenters. The van der Waals surface area contributed by atoms with E-state index in [1.54, 1.807) is 0 Å². The van der Waals surface area contributed by atoms with Crippen molar-refractivity contribution in [3.63, 3.8) is 0 Å². The minimum absolute atomic E-state index is 0.330. The smallest absolute Gasteiger partial charge is 0.340 e. The van der Waals surface area contributed by atoms with Crippen LogP contribution in [0.1, 0.15) is 48.8 Å². The van der Waals surface area contributed by atoms with Gasteiger partial charge in [0.1, 0.15) is 0 Å². The topological polar surface area (TPSA) is 71.5 Å². The summed E-state index contributed by atoms with van der Waals surface area (Å²) in [6.45, 7) is 7.69. The Morgan fingerprint density at radius 1 is 1.15 bits per heavy atom. The number of amides is 1. The van der Waals surface area contributed by atoms with Gasteiger partial charge in [-0.2, -0.15) is 0 Å². The Balaban J connectivity index is 1.64. The van der Waals surface area contributed by atoms with Crippen LogP contribution in [0.3, 0.4) is 0 Å². The number of carbonyl (C=O) groups is 2. The number of esters is 1. The first-order valence-corrected chi connectivity index (χ1v) is 12.4. The number of carbonyl (C=O) groups excluding carboxylic acids is 2. The van der Waals surface area contributed by atoms with Crippen LogP contribution in [0.2, 0.25) is 0 Å². The number of nitrogens with zero attached hydrogens (tertiary/aromatic N) is 2. The molecule has 1 amide bonds. The highest BCUT2D eigenvalue weighted by molar-refractivity contribution is 14.1. The molecule has 1 aliphatic rings. The summed E-state index contributed by atoms with van der Waals surface area (Å²) >= 11 is 2.21. The molecule has 0 saturated heterocycles. The van der Waals surface area contributed by atoms with E-state index >= 15 is 0 Å². The monoisotopic (exact) mass is 557 g/mol. The van der Waals surface area contributed by atoms with E-state index in [1.165, 1.54) is 0 Å². The van der Waals surface area contributed by atoms with Crippen molar-refractivity contribution in [3.05, 3.63) is 68.9 Å². The van der Waals surface area contributed by atoms with Crippen molar-refractivity contribution in [2.24, 2.45) is 0 Å². The van der Waals surface area contributed by atoms with Gasteiger partial charge in [0, 0.05) is 51.5 Å². The summed E-state index contributed by atoms with van der Waals surface area (Å²) in [6.07, 6.45) is 0.276. The molecule has 0 fully saturated rings. The number of para-hydroxylation sites is 1. The minimum Gasteiger partial charge on any atom is -0.449 e. The summed E-state index contributed by atoms with van der Waals surface area (Å²) in [4.78, 5) is 33.6. The van der Waals surface area contributed by atoms with Crippen molar-refractivity contribution in [2.45, 2.75) is 52.3 Å². The van der Waals surface area contributed by atoms with E-state index < -0.39 is 12.1 Å². The number of anilines is 1. The second kappa shape index (κ2) is 10.2. The number of halogens is 1. The predicted octanol–water partition coefficient (Wildman–Crippen LogP) is 5.18. The zero-order valence-electron chi connectivity index (χ0n) is 19.1.